The van der Waals surface area contributed by atoms with Crippen LogP contribution in [0.2, 0.25) is 0 Å². The highest BCUT2D eigenvalue weighted by Crippen LogP contribution is 2.32. The molecule has 0 heterocycles. The largest absolute Gasteiger partial charge is 0.417 e. The van der Waals surface area contributed by atoms with E-state index in [0.29, 0.717) is 4.31 Å². The standard InChI is InChI=1S/C22H17F3N4O5S/c23-22(24,25)18-11-5-4-8-16(18)14-26-27-21(30)15-28(19-12-6-7-13-20(19)29(31)32)35(33,34)17-9-2-1-3-10-17/h1-14H,15H2,(H,27,30)/b26-14-. The predicted octanol–water partition coefficient (Wildman–Crippen LogP) is 3.96. The number of anilines is 1. The van der Waals surface area contributed by atoms with E-state index in [9.17, 15) is 36.5 Å². The molecule has 0 atom stereocenters. The summed E-state index contributed by atoms with van der Waals surface area (Å²) >= 11 is 0. The first-order valence-corrected chi connectivity index (χ1v) is 11.2. The second-order valence-corrected chi connectivity index (χ2v) is 8.81. The highest BCUT2D eigenvalue weighted by atomic mass is 32.2. The van der Waals surface area contributed by atoms with Gasteiger partial charge in [0.15, 0.2) is 0 Å². The van der Waals surface area contributed by atoms with Gasteiger partial charge in [-0.25, -0.2) is 18.1 Å². The number of halogens is 3. The van der Waals surface area contributed by atoms with Crippen LogP contribution in [0.15, 0.2) is 88.9 Å². The minimum Gasteiger partial charge on any atom is -0.271 e. The van der Waals surface area contributed by atoms with Crippen molar-refractivity contribution in [2.24, 2.45) is 5.10 Å². The van der Waals surface area contributed by atoms with Crippen molar-refractivity contribution in [2.45, 2.75) is 11.1 Å². The van der Waals surface area contributed by atoms with E-state index in [4.69, 9.17) is 0 Å². The van der Waals surface area contributed by atoms with Gasteiger partial charge in [0.1, 0.15) is 12.2 Å². The van der Waals surface area contributed by atoms with Crippen molar-refractivity contribution < 1.29 is 31.3 Å². The number of rotatable bonds is 8. The number of sulfonamides is 1. The lowest BCUT2D eigenvalue weighted by Crippen LogP contribution is -2.39. The summed E-state index contributed by atoms with van der Waals surface area (Å²) in [5.74, 6) is -1.04. The van der Waals surface area contributed by atoms with Gasteiger partial charge in [-0.15, -0.1) is 0 Å². The molecule has 182 valence electrons. The average molecular weight is 506 g/mol. The van der Waals surface area contributed by atoms with Crippen LogP contribution >= 0.6 is 0 Å². The molecular formula is C22H17F3N4O5S. The molecular weight excluding hydrogens is 489 g/mol. The number of nitrogens with zero attached hydrogens (tertiary/aromatic N) is 3. The fourth-order valence-electron chi connectivity index (χ4n) is 3.06. The van der Waals surface area contributed by atoms with Gasteiger partial charge < -0.3 is 0 Å². The van der Waals surface area contributed by atoms with E-state index >= 15 is 0 Å². The van der Waals surface area contributed by atoms with E-state index in [0.717, 1.165) is 30.5 Å². The Kier molecular flexibility index (Phi) is 7.49. The lowest BCUT2D eigenvalue weighted by Gasteiger charge is -2.23. The highest BCUT2D eigenvalue weighted by Gasteiger charge is 2.33. The summed E-state index contributed by atoms with van der Waals surface area (Å²) in [6, 6.07) is 16.4. The molecule has 0 radical (unpaired) electrons. The van der Waals surface area contributed by atoms with Crippen LogP contribution in [0.4, 0.5) is 24.5 Å². The van der Waals surface area contributed by atoms with E-state index in [1.165, 1.54) is 48.5 Å². The molecule has 9 nitrogen and oxygen atoms in total. The van der Waals surface area contributed by atoms with E-state index in [-0.39, 0.29) is 16.1 Å². The van der Waals surface area contributed by atoms with E-state index < -0.39 is 44.8 Å². The maximum atomic E-state index is 13.3. The number of hydrazone groups is 1. The maximum absolute atomic E-state index is 13.3. The molecule has 0 saturated carbocycles. The van der Waals surface area contributed by atoms with Gasteiger partial charge in [-0.05, 0) is 24.3 Å². The fourth-order valence-corrected chi connectivity index (χ4v) is 4.51. The summed E-state index contributed by atoms with van der Waals surface area (Å²) in [6.45, 7) is -0.930. The van der Waals surface area contributed by atoms with Crippen molar-refractivity contribution in [2.75, 3.05) is 10.8 Å². The first kappa shape index (κ1) is 25.4. The quantitative estimate of drug-likeness (QED) is 0.282. The number of carbonyl (C=O) groups is 1. The Hall–Kier alpha value is -4.26. The Labute approximate surface area is 197 Å². The summed E-state index contributed by atoms with van der Waals surface area (Å²) in [5, 5.41) is 15.0. The lowest BCUT2D eigenvalue weighted by atomic mass is 10.1. The molecule has 0 fully saturated rings. The van der Waals surface area contributed by atoms with Crippen molar-refractivity contribution in [1.29, 1.82) is 0 Å². The van der Waals surface area contributed by atoms with Crippen LogP contribution in [-0.2, 0) is 21.0 Å². The van der Waals surface area contributed by atoms with Crippen molar-refractivity contribution in [3.63, 3.8) is 0 Å². The summed E-state index contributed by atoms with van der Waals surface area (Å²) < 4.78 is 66.4. The predicted molar refractivity (Wildman–Crippen MR) is 121 cm³/mol. The minimum atomic E-state index is -4.65. The molecule has 0 aliphatic heterocycles. The number of amides is 1. The van der Waals surface area contributed by atoms with Gasteiger partial charge in [-0.2, -0.15) is 18.3 Å². The maximum Gasteiger partial charge on any atom is 0.417 e. The van der Waals surface area contributed by atoms with Gasteiger partial charge >= 0.3 is 6.18 Å². The smallest absolute Gasteiger partial charge is 0.271 e. The molecule has 0 aliphatic rings. The number of nitrogens with one attached hydrogen (secondary N) is 1. The normalized spacial score (nSPS) is 11.9. The van der Waals surface area contributed by atoms with Crippen LogP contribution in [0.3, 0.4) is 0 Å². The third-order valence-electron chi connectivity index (χ3n) is 4.62. The number of para-hydroxylation sites is 2. The minimum absolute atomic E-state index is 0.228. The number of carbonyl (C=O) groups excluding carboxylic acids is 1. The first-order chi connectivity index (χ1) is 16.5. The summed E-state index contributed by atoms with van der Waals surface area (Å²) in [7, 11) is -4.44. The van der Waals surface area contributed by atoms with Crippen molar-refractivity contribution in [1.82, 2.24) is 5.43 Å². The van der Waals surface area contributed by atoms with Crippen LogP contribution in [0.5, 0.6) is 0 Å². The van der Waals surface area contributed by atoms with Crippen LogP contribution in [0.1, 0.15) is 11.1 Å². The van der Waals surface area contributed by atoms with Crippen molar-refractivity contribution in [3.05, 3.63) is 100 Å². The van der Waals surface area contributed by atoms with Crippen molar-refractivity contribution in [3.8, 4) is 0 Å². The molecule has 1 N–H and O–H groups in total. The Morgan fingerprint density at radius 3 is 2.26 bits per heavy atom. The molecule has 3 aromatic carbocycles. The monoisotopic (exact) mass is 506 g/mol. The van der Waals surface area contributed by atoms with Crippen LogP contribution in [-0.4, -0.2) is 32.0 Å². The SMILES string of the molecule is O=C(CN(c1ccccc1[N+](=O)[O-])S(=O)(=O)c1ccccc1)N/N=C\c1ccccc1C(F)(F)F. The molecule has 0 bridgehead atoms. The molecule has 3 rings (SSSR count). The van der Waals surface area contributed by atoms with Crippen molar-refractivity contribution >= 4 is 33.5 Å². The number of hydrogen-bond acceptors (Lipinski definition) is 6. The zero-order valence-corrected chi connectivity index (χ0v) is 18.5. The molecule has 0 aromatic heterocycles. The van der Waals surface area contributed by atoms with Gasteiger partial charge in [0.25, 0.3) is 21.6 Å². The van der Waals surface area contributed by atoms with E-state index in [1.807, 2.05) is 5.43 Å². The Bertz CT molecular complexity index is 1360. The second-order valence-electron chi connectivity index (χ2n) is 6.95. The lowest BCUT2D eigenvalue weighted by molar-refractivity contribution is -0.384. The number of hydrogen-bond donors (Lipinski definition) is 1. The molecule has 35 heavy (non-hydrogen) atoms. The fraction of sp³-hybridized carbons (Fsp3) is 0.0909. The van der Waals surface area contributed by atoms with Crippen LogP contribution in [0, 0.1) is 10.1 Å². The van der Waals surface area contributed by atoms with Gasteiger partial charge in [-0.1, -0.05) is 48.5 Å². The number of nitro benzene ring substituents is 1. The summed E-state index contributed by atoms with van der Waals surface area (Å²) in [5.41, 5.74) is -0.277. The van der Waals surface area contributed by atoms with Gasteiger partial charge in [0, 0.05) is 11.6 Å². The Morgan fingerprint density at radius 2 is 1.60 bits per heavy atom. The topological polar surface area (TPSA) is 122 Å². The first-order valence-electron chi connectivity index (χ1n) is 9.81. The van der Waals surface area contributed by atoms with Crippen LogP contribution < -0.4 is 9.73 Å². The summed E-state index contributed by atoms with van der Waals surface area (Å²) in [4.78, 5) is 23.0. The zero-order chi connectivity index (χ0) is 25.6. The van der Waals surface area contributed by atoms with Gasteiger partial charge in [0.05, 0.1) is 21.6 Å². The summed E-state index contributed by atoms with van der Waals surface area (Å²) in [6.07, 6.45) is -3.89. The van der Waals surface area contributed by atoms with E-state index in [1.54, 1.807) is 6.07 Å². The Balaban J connectivity index is 1.92. The number of alkyl halides is 3. The molecule has 13 heteroatoms. The van der Waals surface area contributed by atoms with Gasteiger partial charge in [0.2, 0.25) is 0 Å². The molecule has 0 unspecified atom stereocenters. The average Bonchev–Trinajstić information content (AvgIpc) is 2.82. The number of nitro groups is 1. The molecule has 0 saturated heterocycles. The highest BCUT2D eigenvalue weighted by molar-refractivity contribution is 7.92. The third kappa shape index (κ3) is 6.00. The third-order valence-corrected chi connectivity index (χ3v) is 6.40. The van der Waals surface area contributed by atoms with E-state index in [2.05, 4.69) is 5.10 Å². The molecule has 0 aliphatic carbocycles. The Morgan fingerprint density at radius 1 is 1.00 bits per heavy atom. The van der Waals surface area contributed by atoms with Crippen LogP contribution in [0.25, 0.3) is 0 Å². The molecule has 1 amide bonds. The number of benzene rings is 3. The zero-order valence-electron chi connectivity index (χ0n) is 17.7. The molecule has 0 spiro atoms. The molecule has 3 aromatic rings. The second kappa shape index (κ2) is 10.3. The van der Waals surface area contributed by atoms with Gasteiger partial charge in [-0.3, -0.25) is 14.9 Å².